The van der Waals surface area contributed by atoms with Crippen molar-refractivity contribution >= 4 is 39.5 Å². The quantitative estimate of drug-likeness (QED) is 0.384. The van der Waals surface area contributed by atoms with Crippen molar-refractivity contribution < 1.29 is 23.5 Å². The topological polar surface area (TPSA) is 67.9 Å². The van der Waals surface area contributed by atoms with Crippen LogP contribution in [-0.2, 0) is 9.59 Å². The number of methoxy groups -OCH3 is 2. The number of carbonyl (C=O) groups excluding carboxylic acids is 2. The number of amides is 2. The van der Waals surface area contributed by atoms with Crippen LogP contribution in [0, 0.1) is 5.82 Å². The molecular weight excluding hydrogens is 447 g/mol. The maximum Gasteiger partial charge on any atom is 0.282 e. The summed E-state index contributed by atoms with van der Waals surface area (Å²) in [6, 6.07) is 23.5. The number of hydrogen-bond donors (Lipinski definition) is 1. The van der Waals surface area contributed by atoms with Crippen molar-refractivity contribution in [3.8, 4) is 11.5 Å². The number of ether oxygens (including phenoxy) is 2. The van der Waals surface area contributed by atoms with Gasteiger partial charge in [-0.3, -0.25) is 9.59 Å². The van der Waals surface area contributed by atoms with Gasteiger partial charge in [-0.2, -0.15) is 0 Å². The molecule has 0 bridgehead atoms. The van der Waals surface area contributed by atoms with Crippen LogP contribution in [0.25, 0.3) is 16.3 Å². The van der Waals surface area contributed by atoms with Crippen LogP contribution < -0.4 is 19.7 Å². The highest BCUT2D eigenvalue weighted by Gasteiger charge is 2.41. The standard InChI is InChI=1S/C28H21FN2O4/c1-34-20-14-15-22(24(16-20)35-2)30-26-25(18-10-12-19(29)13-11-18)27(32)31(28(26)33)23-9-5-7-17-6-3-4-8-21(17)23/h3-16,30H,1-2H3. The van der Waals surface area contributed by atoms with E-state index in [1.165, 1.54) is 38.5 Å². The highest BCUT2D eigenvalue weighted by molar-refractivity contribution is 6.47. The molecule has 4 aromatic rings. The van der Waals surface area contributed by atoms with E-state index < -0.39 is 17.6 Å². The van der Waals surface area contributed by atoms with Crippen molar-refractivity contribution in [2.24, 2.45) is 0 Å². The van der Waals surface area contributed by atoms with Gasteiger partial charge in [0.2, 0.25) is 0 Å². The zero-order chi connectivity index (χ0) is 24.5. The predicted octanol–water partition coefficient (Wildman–Crippen LogP) is 5.39. The Labute approximate surface area is 201 Å². The summed E-state index contributed by atoms with van der Waals surface area (Å²) in [6.07, 6.45) is 0. The molecule has 7 heteroatoms. The van der Waals surface area contributed by atoms with E-state index in [-0.39, 0.29) is 11.3 Å². The number of imide groups is 1. The van der Waals surface area contributed by atoms with Gasteiger partial charge in [-0.1, -0.05) is 48.5 Å². The minimum absolute atomic E-state index is 0.0676. The van der Waals surface area contributed by atoms with Gasteiger partial charge >= 0.3 is 0 Å². The first kappa shape index (κ1) is 22.2. The molecule has 1 aliphatic rings. The summed E-state index contributed by atoms with van der Waals surface area (Å²) >= 11 is 0. The first-order valence-electron chi connectivity index (χ1n) is 10.9. The zero-order valence-corrected chi connectivity index (χ0v) is 19.0. The molecule has 0 radical (unpaired) electrons. The summed E-state index contributed by atoms with van der Waals surface area (Å²) in [5.41, 5.74) is 1.57. The lowest BCUT2D eigenvalue weighted by Gasteiger charge is -2.18. The number of halogens is 1. The van der Waals surface area contributed by atoms with Crippen molar-refractivity contribution in [2.75, 3.05) is 24.4 Å². The molecular formula is C28H21FN2O4. The maximum atomic E-state index is 13.8. The average Bonchev–Trinajstić information content (AvgIpc) is 3.13. The third kappa shape index (κ3) is 3.87. The fourth-order valence-electron chi connectivity index (χ4n) is 4.19. The van der Waals surface area contributed by atoms with Gasteiger partial charge in [0.05, 0.1) is 31.2 Å². The molecule has 0 spiro atoms. The fourth-order valence-corrected chi connectivity index (χ4v) is 4.19. The van der Waals surface area contributed by atoms with E-state index in [0.717, 1.165) is 15.7 Å². The molecule has 174 valence electrons. The van der Waals surface area contributed by atoms with Crippen LogP contribution in [0.2, 0.25) is 0 Å². The summed E-state index contributed by atoms with van der Waals surface area (Å²) < 4.78 is 24.4. The second-order valence-electron chi connectivity index (χ2n) is 7.89. The highest BCUT2D eigenvalue weighted by atomic mass is 19.1. The van der Waals surface area contributed by atoms with E-state index in [0.29, 0.717) is 28.4 Å². The van der Waals surface area contributed by atoms with Gasteiger partial charge in [-0.05, 0) is 41.3 Å². The number of anilines is 2. The van der Waals surface area contributed by atoms with Gasteiger partial charge in [-0.25, -0.2) is 9.29 Å². The molecule has 0 aromatic heterocycles. The summed E-state index contributed by atoms with van der Waals surface area (Å²) in [5, 5.41) is 4.75. The minimum atomic E-state index is -0.524. The van der Waals surface area contributed by atoms with Crippen LogP contribution >= 0.6 is 0 Å². The molecule has 0 atom stereocenters. The first-order valence-corrected chi connectivity index (χ1v) is 10.9. The molecule has 1 heterocycles. The lowest BCUT2D eigenvalue weighted by molar-refractivity contribution is -0.120. The van der Waals surface area contributed by atoms with Crippen LogP contribution in [0.4, 0.5) is 15.8 Å². The van der Waals surface area contributed by atoms with Gasteiger partial charge < -0.3 is 14.8 Å². The Morgan fingerprint density at radius 2 is 1.54 bits per heavy atom. The van der Waals surface area contributed by atoms with Crippen molar-refractivity contribution in [1.82, 2.24) is 0 Å². The van der Waals surface area contributed by atoms with E-state index in [4.69, 9.17) is 9.47 Å². The van der Waals surface area contributed by atoms with E-state index in [9.17, 15) is 14.0 Å². The van der Waals surface area contributed by atoms with Crippen molar-refractivity contribution in [2.45, 2.75) is 0 Å². The highest BCUT2D eigenvalue weighted by Crippen LogP contribution is 2.38. The van der Waals surface area contributed by atoms with E-state index in [2.05, 4.69) is 5.32 Å². The third-order valence-corrected chi connectivity index (χ3v) is 5.89. The monoisotopic (exact) mass is 468 g/mol. The molecule has 1 N–H and O–H groups in total. The van der Waals surface area contributed by atoms with Gasteiger partial charge in [0.15, 0.2) is 0 Å². The lowest BCUT2D eigenvalue weighted by Crippen LogP contribution is -2.32. The first-order chi connectivity index (χ1) is 17.0. The molecule has 5 rings (SSSR count). The maximum absolute atomic E-state index is 13.8. The normalized spacial score (nSPS) is 13.5. The number of nitrogens with zero attached hydrogens (tertiary/aromatic N) is 1. The minimum Gasteiger partial charge on any atom is -0.497 e. The van der Waals surface area contributed by atoms with Crippen LogP contribution in [-0.4, -0.2) is 26.0 Å². The number of fused-ring (bicyclic) bond motifs is 1. The van der Waals surface area contributed by atoms with Crippen LogP contribution in [0.1, 0.15) is 5.56 Å². The molecule has 0 aliphatic carbocycles. The lowest BCUT2D eigenvalue weighted by atomic mass is 10.0. The Morgan fingerprint density at radius 1 is 0.800 bits per heavy atom. The number of rotatable bonds is 6. The van der Waals surface area contributed by atoms with Crippen molar-refractivity contribution in [3.05, 3.63) is 102 Å². The number of nitrogens with one attached hydrogen (secondary N) is 1. The molecule has 0 saturated carbocycles. The van der Waals surface area contributed by atoms with Crippen molar-refractivity contribution in [1.29, 1.82) is 0 Å². The van der Waals surface area contributed by atoms with E-state index in [1.807, 2.05) is 30.3 Å². The Bertz CT molecular complexity index is 1490. The van der Waals surface area contributed by atoms with E-state index in [1.54, 1.807) is 30.3 Å². The zero-order valence-electron chi connectivity index (χ0n) is 19.0. The van der Waals surface area contributed by atoms with Gasteiger partial charge in [0.1, 0.15) is 23.0 Å². The summed E-state index contributed by atoms with van der Waals surface area (Å²) in [7, 11) is 3.04. The number of carbonyl (C=O) groups is 2. The van der Waals surface area contributed by atoms with Gasteiger partial charge in [0, 0.05) is 11.5 Å². The van der Waals surface area contributed by atoms with Gasteiger partial charge in [-0.15, -0.1) is 0 Å². The molecule has 35 heavy (non-hydrogen) atoms. The summed E-state index contributed by atoms with van der Waals surface area (Å²) in [4.78, 5) is 28.7. The van der Waals surface area contributed by atoms with Crippen molar-refractivity contribution in [3.63, 3.8) is 0 Å². The molecule has 0 saturated heterocycles. The third-order valence-electron chi connectivity index (χ3n) is 5.89. The predicted molar refractivity (Wildman–Crippen MR) is 133 cm³/mol. The Kier molecular flexibility index (Phi) is 5.66. The summed E-state index contributed by atoms with van der Waals surface area (Å²) in [5.74, 6) is -0.467. The molecule has 0 unspecified atom stereocenters. The second kappa shape index (κ2) is 8.95. The molecule has 2 amide bonds. The number of benzene rings is 4. The van der Waals surface area contributed by atoms with Gasteiger partial charge in [0.25, 0.3) is 11.8 Å². The second-order valence-corrected chi connectivity index (χ2v) is 7.89. The van der Waals surface area contributed by atoms with Crippen LogP contribution in [0.15, 0.2) is 90.6 Å². The molecule has 6 nitrogen and oxygen atoms in total. The largest absolute Gasteiger partial charge is 0.497 e. The summed E-state index contributed by atoms with van der Waals surface area (Å²) in [6.45, 7) is 0. The SMILES string of the molecule is COc1ccc(NC2=C(c3ccc(F)cc3)C(=O)N(c3cccc4ccccc34)C2=O)c(OC)c1. The molecule has 1 aliphatic heterocycles. The van der Waals surface area contributed by atoms with E-state index >= 15 is 0 Å². The fraction of sp³-hybridized carbons (Fsp3) is 0.0714. The average molecular weight is 468 g/mol. The number of hydrogen-bond acceptors (Lipinski definition) is 5. The molecule has 0 fully saturated rings. The smallest absolute Gasteiger partial charge is 0.282 e. The van der Waals surface area contributed by atoms with Crippen LogP contribution in [0.5, 0.6) is 11.5 Å². The Hall–Kier alpha value is -4.65. The molecule has 4 aromatic carbocycles. The van der Waals surface area contributed by atoms with Crippen LogP contribution in [0.3, 0.4) is 0 Å². The Morgan fingerprint density at radius 3 is 2.29 bits per heavy atom. The Balaban J connectivity index is 1.66.